The molecule has 44 heavy (non-hydrogen) atoms. The number of aromatic nitrogens is 1. The van der Waals surface area contributed by atoms with Gasteiger partial charge in [0.25, 0.3) is 11.8 Å². The predicted molar refractivity (Wildman–Crippen MR) is 165 cm³/mol. The second kappa shape index (κ2) is 14.3. The number of aliphatic hydroxyl groups excluding tert-OH is 1. The van der Waals surface area contributed by atoms with Gasteiger partial charge in [0.05, 0.1) is 5.52 Å². The number of nitrogens with zero attached hydrogens (tertiary/aromatic N) is 1. The fourth-order valence-corrected chi connectivity index (χ4v) is 4.94. The topological polar surface area (TPSA) is 150 Å². The van der Waals surface area contributed by atoms with Gasteiger partial charge in [-0.2, -0.15) is 0 Å². The number of fused-ring (bicyclic) bond motifs is 1. The molecule has 5 rings (SSSR count). The number of pyridine rings is 1. The molecule has 1 aliphatic rings. The third-order valence-corrected chi connectivity index (χ3v) is 7.32. The van der Waals surface area contributed by atoms with Crippen molar-refractivity contribution in [1.82, 2.24) is 26.3 Å². The number of benzene rings is 3. The quantitative estimate of drug-likeness (QED) is 0.133. The average molecular weight is 592 g/mol. The van der Waals surface area contributed by atoms with E-state index in [4.69, 9.17) is 0 Å². The van der Waals surface area contributed by atoms with Crippen LogP contribution in [-0.4, -0.2) is 58.5 Å². The Hall–Kier alpha value is -5.19. The molecule has 2 heterocycles. The summed E-state index contributed by atoms with van der Waals surface area (Å²) in [5.74, 6) is -3.03. The second-order valence-electron chi connectivity index (χ2n) is 10.5. The number of ketones is 1. The van der Waals surface area contributed by atoms with Crippen LogP contribution in [0.1, 0.15) is 28.0 Å². The van der Waals surface area contributed by atoms with E-state index in [0.717, 1.165) is 16.5 Å². The highest BCUT2D eigenvalue weighted by atomic mass is 16.3. The van der Waals surface area contributed by atoms with Gasteiger partial charge in [-0.05, 0) is 35.3 Å². The van der Waals surface area contributed by atoms with Crippen LogP contribution in [-0.2, 0) is 27.3 Å². The summed E-state index contributed by atoms with van der Waals surface area (Å²) in [6.45, 7) is 0.603. The minimum Gasteiger partial charge on any atom is -0.375 e. The molecular weight excluding hydrogens is 558 g/mol. The molecule has 10 heteroatoms. The predicted octanol–water partition coefficient (Wildman–Crippen LogP) is 2.18. The van der Waals surface area contributed by atoms with Gasteiger partial charge < -0.3 is 21.1 Å². The highest BCUT2D eigenvalue weighted by Gasteiger charge is 2.31. The number of aliphatic hydroxyl groups is 1. The van der Waals surface area contributed by atoms with E-state index >= 15 is 0 Å². The molecule has 10 nitrogen and oxygen atoms in total. The van der Waals surface area contributed by atoms with Gasteiger partial charge in [0.1, 0.15) is 24.0 Å². The number of nitrogens with one attached hydrogen (secondary N) is 4. The van der Waals surface area contributed by atoms with Gasteiger partial charge in [-0.25, -0.2) is 4.98 Å². The molecule has 0 saturated carbocycles. The first-order valence-electron chi connectivity index (χ1n) is 14.4. The van der Waals surface area contributed by atoms with Crippen LogP contribution in [0.5, 0.6) is 0 Å². The number of rotatable bonds is 11. The van der Waals surface area contributed by atoms with Gasteiger partial charge in [-0.15, -0.1) is 0 Å². The van der Waals surface area contributed by atoms with Crippen LogP contribution < -0.4 is 21.3 Å². The normalized spacial score (nSPS) is 16.7. The van der Waals surface area contributed by atoms with Crippen LogP contribution in [0.2, 0.25) is 0 Å². The summed E-state index contributed by atoms with van der Waals surface area (Å²) < 4.78 is 0. The molecule has 1 aliphatic heterocycles. The SMILES string of the molecule is O=C(NCc1ccccc1)C(=O)[C@H](/C=C1\CCNC1O)NC(=O)[C@H](Cc1ccccc1)NC(=O)c1ccc2ccccc2n1. The molecular formula is C34H33N5O5. The summed E-state index contributed by atoms with van der Waals surface area (Å²) in [6, 6.07) is 26.5. The molecule has 224 valence electrons. The molecule has 1 fully saturated rings. The van der Waals surface area contributed by atoms with Crippen molar-refractivity contribution in [2.45, 2.75) is 37.7 Å². The highest BCUT2D eigenvalue weighted by Crippen LogP contribution is 2.15. The van der Waals surface area contributed by atoms with Crippen LogP contribution in [0, 0.1) is 0 Å². The first-order chi connectivity index (χ1) is 21.4. The maximum atomic E-state index is 13.8. The Kier molecular flexibility index (Phi) is 9.85. The summed E-state index contributed by atoms with van der Waals surface area (Å²) in [5, 5.41) is 22.0. The Bertz CT molecular complexity index is 1680. The number of para-hydroxylation sites is 1. The molecule has 0 spiro atoms. The lowest BCUT2D eigenvalue weighted by Crippen LogP contribution is -2.54. The number of Topliss-reactive ketones (excluding diaryl/α,β-unsaturated/α-hetero) is 1. The van der Waals surface area contributed by atoms with E-state index in [2.05, 4.69) is 26.3 Å². The van der Waals surface area contributed by atoms with E-state index in [9.17, 15) is 24.3 Å². The van der Waals surface area contributed by atoms with Crippen molar-refractivity contribution in [3.8, 4) is 0 Å². The maximum Gasteiger partial charge on any atom is 0.290 e. The molecule has 3 aromatic carbocycles. The van der Waals surface area contributed by atoms with Crippen molar-refractivity contribution in [3.05, 3.63) is 126 Å². The van der Waals surface area contributed by atoms with Crippen molar-refractivity contribution < 1.29 is 24.3 Å². The number of carbonyl (C=O) groups excluding carboxylic acids is 4. The van der Waals surface area contributed by atoms with Gasteiger partial charge in [-0.1, -0.05) is 91.0 Å². The zero-order valence-electron chi connectivity index (χ0n) is 23.9. The fourth-order valence-electron chi connectivity index (χ4n) is 4.94. The highest BCUT2D eigenvalue weighted by molar-refractivity contribution is 6.39. The monoisotopic (exact) mass is 591 g/mol. The van der Waals surface area contributed by atoms with Crippen molar-refractivity contribution in [2.75, 3.05) is 6.54 Å². The van der Waals surface area contributed by atoms with Crippen molar-refractivity contribution in [3.63, 3.8) is 0 Å². The number of carbonyl (C=O) groups is 4. The minimum atomic E-state index is -1.38. The van der Waals surface area contributed by atoms with Gasteiger partial charge in [-0.3, -0.25) is 24.5 Å². The Labute approximate surface area is 254 Å². The molecule has 1 unspecified atom stereocenters. The Morgan fingerprint density at radius 2 is 1.55 bits per heavy atom. The third kappa shape index (κ3) is 7.80. The second-order valence-corrected chi connectivity index (χ2v) is 10.5. The largest absolute Gasteiger partial charge is 0.375 e. The van der Waals surface area contributed by atoms with Crippen LogP contribution in [0.4, 0.5) is 0 Å². The molecule has 4 aromatic rings. The zero-order chi connectivity index (χ0) is 30.9. The molecule has 0 radical (unpaired) electrons. The number of amides is 3. The molecule has 0 aliphatic carbocycles. The average Bonchev–Trinajstić information content (AvgIpc) is 3.46. The molecule has 5 N–H and O–H groups in total. The first kappa shape index (κ1) is 30.3. The third-order valence-electron chi connectivity index (χ3n) is 7.32. The Morgan fingerprint density at radius 3 is 2.25 bits per heavy atom. The summed E-state index contributed by atoms with van der Waals surface area (Å²) >= 11 is 0. The summed E-state index contributed by atoms with van der Waals surface area (Å²) in [6.07, 6.45) is 0.950. The fraction of sp³-hybridized carbons (Fsp3) is 0.206. The smallest absolute Gasteiger partial charge is 0.290 e. The van der Waals surface area contributed by atoms with Crippen molar-refractivity contribution >= 4 is 34.4 Å². The summed E-state index contributed by atoms with van der Waals surface area (Å²) in [7, 11) is 0. The van der Waals surface area contributed by atoms with E-state index < -0.39 is 41.8 Å². The zero-order valence-corrected chi connectivity index (χ0v) is 23.9. The van der Waals surface area contributed by atoms with E-state index in [-0.39, 0.29) is 18.7 Å². The van der Waals surface area contributed by atoms with E-state index in [1.165, 1.54) is 6.08 Å². The summed E-state index contributed by atoms with van der Waals surface area (Å²) in [5.41, 5.74) is 2.81. The van der Waals surface area contributed by atoms with Crippen LogP contribution >= 0.6 is 0 Å². The van der Waals surface area contributed by atoms with E-state index in [1.807, 2.05) is 78.9 Å². The van der Waals surface area contributed by atoms with Crippen molar-refractivity contribution in [1.29, 1.82) is 0 Å². The maximum absolute atomic E-state index is 13.8. The first-order valence-corrected chi connectivity index (χ1v) is 14.4. The van der Waals surface area contributed by atoms with Crippen LogP contribution in [0.15, 0.2) is 109 Å². The lowest BCUT2D eigenvalue weighted by molar-refractivity contribution is -0.139. The van der Waals surface area contributed by atoms with E-state index in [1.54, 1.807) is 18.2 Å². The van der Waals surface area contributed by atoms with Gasteiger partial charge in [0.15, 0.2) is 0 Å². The van der Waals surface area contributed by atoms with E-state index in [0.29, 0.717) is 24.1 Å². The summed E-state index contributed by atoms with van der Waals surface area (Å²) in [4.78, 5) is 57.8. The standard InChI is InChI=1S/C34H33N5O5/c40-30(34(44)36-21-23-11-5-2-6-12-23)28(20-25-17-18-35-31(25)41)38-33(43)29(19-22-9-3-1-4-10-22)39-32(42)27-16-15-24-13-7-8-14-26(24)37-27/h1-16,20,28-29,31,35,41H,17-19,21H2,(H,36,44)(H,38,43)(H,39,42)/b25-20+/t28-,29-,31?/m0/s1. The van der Waals surface area contributed by atoms with Gasteiger partial charge in [0.2, 0.25) is 11.7 Å². The van der Waals surface area contributed by atoms with Crippen molar-refractivity contribution in [2.24, 2.45) is 0 Å². The Morgan fingerprint density at radius 1 is 0.864 bits per heavy atom. The van der Waals surface area contributed by atoms with Crippen LogP contribution in [0.25, 0.3) is 10.9 Å². The van der Waals surface area contributed by atoms with Gasteiger partial charge >= 0.3 is 0 Å². The molecule has 1 aromatic heterocycles. The molecule has 3 atom stereocenters. The molecule has 1 saturated heterocycles. The molecule has 0 bridgehead atoms. The Balaban J connectivity index is 1.37. The lowest BCUT2D eigenvalue weighted by atomic mass is 10.0. The van der Waals surface area contributed by atoms with Gasteiger partial charge in [0, 0.05) is 24.9 Å². The van der Waals surface area contributed by atoms with Crippen LogP contribution in [0.3, 0.4) is 0 Å². The lowest BCUT2D eigenvalue weighted by Gasteiger charge is -2.22. The number of hydrogen-bond donors (Lipinski definition) is 5. The number of hydrogen-bond acceptors (Lipinski definition) is 7. The molecule has 3 amide bonds. The minimum absolute atomic E-state index is 0.119.